The Morgan fingerprint density at radius 3 is 2.52 bits per heavy atom. The average Bonchev–Trinajstić information content (AvgIpc) is 3.13. The van der Waals surface area contributed by atoms with Crippen LogP contribution in [0.5, 0.6) is 0 Å². The van der Waals surface area contributed by atoms with Crippen LogP contribution in [0.15, 0.2) is 30.3 Å². The van der Waals surface area contributed by atoms with Crippen molar-refractivity contribution in [3.05, 3.63) is 47.3 Å². The molecule has 5 nitrogen and oxygen atoms in total. The van der Waals surface area contributed by atoms with Crippen molar-refractivity contribution in [3.8, 4) is 0 Å². The van der Waals surface area contributed by atoms with Crippen molar-refractivity contribution in [2.75, 3.05) is 13.7 Å². The van der Waals surface area contributed by atoms with Crippen molar-refractivity contribution >= 4 is 14.4 Å². The summed E-state index contributed by atoms with van der Waals surface area (Å²) in [5.41, 5.74) is 0.942. The zero-order valence-corrected chi connectivity index (χ0v) is 19.8. The van der Waals surface area contributed by atoms with Crippen LogP contribution in [0, 0.1) is 18.4 Å². The molecule has 0 saturated heterocycles. The second-order valence-corrected chi connectivity index (χ2v) is 14.5. The molecule has 0 heterocycles. The molecule has 0 aromatic heterocycles. The van der Waals surface area contributed by atoms with Gasteiger partial charge < -0.3 is 9.16 Å². The van der Waals surface area contributed by atoms with Crippen molar-refractivity contribution in [1.29, 1.82) is 0 Å². The van der Waals surface area contributed by atoms with E-state index in [1.807, 2.05) is 30.3 Å². The smallest absolute Gasteiger partial charge is 0.415 e. The summed E-state index contributed by atoms with van der Waals surface area (Å²) >= 11 is 0. The van der Waals surface area contributed by atoms with E-state index >= 15 is 0 Å². The lowest BCUT2D eigenvalue weighted by Crippen LogP contribution is -2.42. The van der Waals surface area contributed by atoms with Crippen LogP contribution in [0.25, 0.3) is 4.85 Å². The van der Waals surface area contributed by atoms with Crippen molar-refractivity contribution in [2.45, 2.75) is 70.9 Å². The van der Waals surface area contributed by atoms with Crippen molar-refractivity contribution < 1.29 is 14.0 Å². The standard InChI is InChI=1S/C23H36N2O3Si/c1-23(2,3)29(6,7)28-17-19-13-14-20(15-19)21(24-4)25(5)22(26)27-16-18-11-9-8-10-12-18/h8-12,19-21H,13-17H2,1-3,5-7H3. The van der Waals surface area contributed by atoms with Gasteiger partial charge >= 0.3 is 12.3 Å². The lowest BCUT2D eigenvalue weighted by atomic mass is 10.0. The highest BCUT2D eigenvalue weighted by Gasteiger charge is 2.42. The number of rotatable bonds is 7. The maximum Gasteiger partial charge on any atom is 0.415 e. The third kappa shape index (κ3) is 6.32. The topological polar surface area (TPSA) is 43.1 Å². The maximum atomic E-state index is 12.5. The lowest BCUT2D eigenvalue weighted by molar-refractivity contribution is 0.0872. The first kappa shape index (κ1) is 23.4. The molecule has 1 amide bonds. The zero-order chi connectivity index (χ0) is 21.7. The van der Waals surface area contributed by atoms with Gasteiger partial charge in [-0.3, -0.25) is 4.85 Å². The van der Waals surface area contributed by atoms with Gasteiger partial charge in [0.2, 0.25) is 0 Å². The number of amides is 1. The first-order valence-corrected chi connectivity index (χ1v) is 13.4. The zero-order valence-electron chi connectivity index (χ0n) is 18.8. The van der Waals surface area contributed by atoms with Crippen molar-refractivity contribution in [3.63, 3.8) is 0 Å². The Bertz CT molecular complexity index is 709. The molecule has 1 aliphatic carbocycles. The number of nitrogens with zero attached hydrogens (tertiary/aromatic N) is 2. The fraction of sp³-hybridized carbons (Fsp3) is 0.652. The van der Waals surface area contributed by atoms with Gasteiger partial charge in [-0.15, -0.1) is 0 Å². The van der Waals surface area contributed by atoms with E-state index in [0.29, 0.717) is 5.92 Å². The van der Waals surface area contributed by atoms with Crippen LogP contribution in [0.2, 0.25) is 18.1 Å². The van der Waals surface area contributed by atoms with Crippen LogP contribution < -0.4 is 0 Å². The second-order valence-electron chi connectivity index (χ2n) is 9.70. The molecule has 0 spiro atoms. The monoisotopic (exact) mass is 416 g/mol. The molecule has 3 atom stereocenters. The third-order valence-corrected chi connectivity index (χ3v) is 11.0. The Hall–Kier alpha value is -1.84. The second kappa shape index (κ2) is 9.77. The van der Waals surface area contributed by atoms with Gasteiger partial charge in [0.1, 0.15) is 6.61 Å². The van der Waals surface area contributed by atoms with E-state index in [4.69, 9.17) is 15.7 Å². The lowest BCUT2D eigenvalue weighted by Gasteiger charge is -2.37. The molecule has 1 aromatic rings. The summed E-state index contributed by atoms with van der Waals surface area (Å²) < 4.78 is 11.8. The molecule has 2 rings (SSSR count). The number of ether oxygens (including phenoxy) is 1. The molecular weight excluding hydrogens is 380 g/mol. The summed E-state index contributed by atoms with van der Waals surface area (Å²) in [7, 11) is -0.0816. The van der Waals surface area contributed by atoms with Crippen LogP contribution in [0.3, 0.4) is 0 Å². The fourth-order valence-corrected chi connectivity index (χ4v) is 4.60. The highest BCUT2D eigenvalue weighted by Crippen LogP contribution is 2.40. The van der Waals surface area contributed by atoms with Gasteiger partial charge in [-0.1, -0.05) is 51.1 Å². The van der Waals surface area contributed by atoms with Crippen LogP contribution in [0.1, 0.15) is 45.6 Å². The number of carbonyl (C=O) groups is 1. The van der Waals surface area contributed by atoms with E-state index in [9.17, 15) is 4.79 Å². The largest absolute Gasteiger partial charge is 0.444 e. The summed E-state index contributed by atoms with van der Waals surface area (Å²) in [6.07, 6.45) is 2.03. The summed E-state index contributed by atoms with van der Waals surface area (Å²) in [5.74, 6) is 0.641. The minimum absolute atomic E-state index is 0.176. The van der Waals surface area contributed by atoms with E-state index in [1.54, 1.807) is 7.05 Å². The summed E-state index contributed by atoms with van der Waals surface area (Å²) in [4.78, 5) is 17.7. The summed E-state index contributed by atoms with van der Waals surface area (Å²) in [5, 5.41) is 0.201. The number of carbonyl (C=O) groups excluding carboxylic acids is 1. The number of hydrogen-bond donors (Lipinski definition) is 0. The summed E-state index contributed by atoms with van der Waals surface area (Å²) in [6.45, 7) is 19.9. The average molecular weight is 417 g/mol. The van der Waals surface area contributed by atoms with Crippen LogP contribution in [-0.2, 0) is 15.8 Å². The van der Waals surface area contributed by atoms with E-state index in [0.717, 1.165) is 31.4 Å². The van der Waals surface area contributed by atoms with Crippen LogP contribution in [0.4, 0.5) is 4.79 Å². The molecule has 160 valence electrons. The van der Waals surface area contributed by atoms with Gasteiger partial charge in [0, 0.05) is 13.7 Å². The SMILES string of the molecule is [C-]#[N+]C(C1CCC(CO[Si](C)(C)C(C)(C)C)C1)N(C)C(=O)OCc1ccccc1. The first-order chi connectivity index (χ1) is 13.5. The molecule has 3 unspecified atom stereocenters. The van der Waals surface area contributed by atoms with E-state index in [2.05, 4.69) is 38.7 Å². The molecule has 0 bridgehead atoms. The predicted octanol–water partition coefficient (Wildman–Crippen LogP) is 5.94. The first-order valence-electron chi connectivity index (χ1n) is 10.5. The van der Waals surface area contributed by atoms with Crippen molar-refractivity contribution in [2.24, 2.45) is 11.8 Å². The molecular formula is C23H36N2O3Si. The molecule has 1 aromatic carbocycles. The molecule has 6 heteroatoms. The fourth-order valence-electron chi connectivity index (χ4n) is 3.52. The molecule has 1 aliphatic rings. The van der Waals surface area contributed by atoms with Crippen LogP contribution in [-0.4, -0.2) is 39.1 Å². The van der Waals surface area contributed by atoms with Gasteiger partial charge in [0.15, 0.2) is 8.32 Å². The Morgan fingerprint density at radius 2 is 1.93 bits per heavy atom. The molecule has 0 radical (unpaired) electrons. The van der Waals surface area contributed by atoms with Gasteiger partial charge in [0.05, 0.1) is 5.92 Å². The molecule has 0 aliphatic heterocycles. The molecule has 1 saturated carbocycles. The highest BCUT2D eigenvalue weighted by atomic mass is 28.4. The predicted molar refractivity (Wildman–Crippen MR) is 119 cm³/mol. The van der Waals surface area contributed by atoms with Gasteiger partial charge in [-0.2, -0.15) is 0 Å². The Labute approximate surface area is 177 Å². The Morgan fingerprint density at radius 1 is 1.28 bits per heavy atom. The normalized spacial score (nSPS) is 20.7. The highest BCUT2D eigenvalue weighted by molar-refractivity contribution is 6.74. The van der Waals surface area contributed by atoms with Gasteiger partial charge in [-0.25, -0.2) is 16.3 Å². The van der Waals surface area contributed by atoms with Crippen molar-refractivity contribution in [1.82, 2.24) is 4.90 Å². The molecule has 29 heavy (non-hydrogen) atoms. The quantitative estimate of drug-likeness (QED) is 0.408. The summed E-state index contributed by atoms with van der Waals surface area (Å²) in [6, 6.07) is 9.60. The molecule has 1 fully saturated rings. The van der Waals surface area contributed by atoms with E-state index < -0.39 is 20.6 Å². The van der Waals surface area contributed by atoms with Gasteiger partial charge in [0.25, 0.3) is 0 Å². The van der Waals surface area contributed by atoms with E-state index in [1.165, 1.54) is 4.90 Å². The Balaban J connectivity index is 1.86. The maximum absolute atomic E-state index is 12.5. The van der Waals surface area contributed by atoms with E-state index in [-0.39, 0.29) is 17.6 Å². The third-order valence-electron chi connectivity index (χ3n) is 6.51. The number of benzene rings is 1. The van der Waals surface area contributed by atoms with Gasteiger partial charge in [-0.05, 0) is 48.9 Å². The Kier molecular flexibility index (Phi) is 7.90. The number of hydrogen-bond acceptors (Lipinski definition) is 3. The van der Waals surface area contributed by atoms with Crippen LogP contribution >= 0.6 is 0 Å². The minimum atomic E-state index is -1.76. The minimum Gasteiger partial charge on any atom is -0.444 e. The molecule has 0 N–H and O–H groups in total.